The number of amides is 2. The number of nitriles is 1. The Morgan fingerprint density at radius 1 is 1.15 bits per heavy atom. The minimum atomic E-state index is -0.465. The molecule has 1 saturated heterocycles. The summed E-state index contributed by atoms with van der Waals surface area (Å²) in [4.78, 5) is 40.5. The number of pyridine rings is 1. The molecule has 2 fully saturated rings. The Balaban J connectivity index is 1.32. The zero-order valence-electron chi connectivity index (χ0n) is 19.2. The number of fused-ring (bicyclic) bond motifs is 1. The molecular weight excluding hydrogens is 430 g/mol. The number of hydrogen-bond acceptors (Lipinski definition) is 6. The second kappa shape index (κ2) is 9.21. The van der Waals surface area contributed by atoms with Gasteiger partial charge in [0.1, 0.15) is 5.69 Å². The molecule has 2 amide bonds. The molecular formula is C25H27N7O2. The third kappa shape index (κ3) is 4.23. The van der Waals surface area contributed by atoms with Crippen LogP contribution in [-0.2, 0) is 11.8 Å². The lowest BCUT2D eigenvalue weighted by Gasteiger charge is -2.33. The van der Waals surface area contributed by atoms with E-state index in [1.165, 1.54) is 25.1 Å². The molecule has 1 aliphatic heterocycles. The summed E-state index contributed by atoms with van der Waals surface area (Å²) in [5, 5.41) is 11.8. The summed E-state index contributed by atoms with van der Waals surface area (Å²) < 4.78 is 2.00. The molecule has 3 aromatic heterocycles. The van der Waals surface area contributed by atoms with Gasteiger partial charge in [-0.2, -0.15) is 5.26 Å². The molecule has 2 aliphatic rings. The SMILES string of the molecule is Cn1cc(C2CCN(C(=O)C3CCCC3)CC2)c2nc(NC(=O)c3cc(C#N)ccn3)ncc21. The van der Waals surface area contributed by atoms with Gasteiger partial charge in [-0.3, -0.25) is 19.9 Å². The maximum atomic E-state index is 12.8. The van der Waals surface area contributed by atoms with Gasteiger partial charge in [0.05, 0.1) is 28.9 Å². The third-order valence-corrected chi connectivity index (χ3v) is 7.05. The molecule has 0 spiro atoms. The lowest BCUT2D eigenvalue weighted by molar-refractivity contribution is -0.136. The number of aromatic nitrogens is 4. The molecule has 0 radical (unpaired) electrons. The van der Waals surface area contributed by atoms with E-state index in [9.17, 15) is 9.59 Å². The van der Waals surface area contributed by atoms with Gasteiger partial charge in [0.25, 0.3) is 5.91 Å². The van der Waals surface area contributed by atoms with Gasteiger partial charge in [-0.15, -0.1) is 0 Å². The first-order valence-corrected chi connectivity index (χ1v) is 11.8. The topological polar surface area (TPSA) is 117 Å². The van der Waals surface area contributed by atoms with Crippen LogP contribution >= 0.6 is 0 Å². The van der Waals surface area contributed by atoms with Crippen LogP contribution in [0.5, 0.6) is 0 Å². The summed E-state index contributed by atoms with van der Waals surface area (Å²) in [5.74, 6) is 0.575. The average molecular weight is 458 g/mol. The zero-order chi connectivity index (χ0) is 23.7. The number of aryl methyl sites for hydroxylation is 1. The largest absolute Gasteiger partial charge is 0.348 e. The Morgan fingerprint density at radius 3 is 2.65 bits per heavy atom. The van der Waals surface area contributed by atoms with Crippen LogP contribution in [0.2, 0.25) is 0 Å². The molecule has 174 valence electrons. The molecule has 0 atom stereocenters. The summed E-state index contributed by atoms with van der Waals surface area (Å²) in [7, 11) is 1.96. The Labute approximate surface area is 197 Å². The van der Waals surface area contributed by atoms with Crippen LogP contribution < -0.4 is 5.32 Å². The van der Waals surface area contributed by atoms with Gasteiger partial charge >= 0.3 is 0 Å². The van der Waals surface area contributed by atoms with Crippen LogP contribution in [0.4, 0.5) is 5.95 Å². The minimum absolute atomic E-state index is 0.135. The number of anilines is 1. The molecule has 3 aromatic rings. The highest BCUT2D eigenvalue weighted by molar-refractivity contribution is 6.02. The highest BCUT2D eigenvalue weighted by Crippen LogP contribution is 2.35. The van der Waals surface area contributed by atoms with Crippen molar-refractivity contribution in [2.75, 3.05) is 18.4 Å². The normalized spacial score (nSPS) is 17.1. The third-order valence-electron chi connectivity index (χ3n) is 7.05. The lowest BCUT2D eigenvalue weighted by atomic mass is 9.90. The van der Waals surface area contributed by atoms with Crippen LogP contribution in [0.3, 0.4) is 0 Å². The fourth-order valence-corrected chi connectivity index (χ4v) is 5.18. The van der Waals surface area contributed by atoms with Crippen molar-refractivity contribution in [3.05, 3.63) is 47.5 Å². The fraction of sp³-hybridized carbons (Fsp3) is 0.440. The molecule has 9 nitrogen and oxygen atoms in total. The Kier molecular flexibility index (Phi) is 5.97. The summed E-state index contributed by atoms with van der Waals surface area (Å²) in [5.41, 5.74) is 3.32. The van der Waals surface area contributed by atoms with Crippen LogP contribution in [0, 0.1) is 17.2 Å². The van der Waals surface area contributed by atoms with Crippen molar-refractivity contribution in [2.24, 2.45) is 13.0 Å². The van der Waals surface area contributed by atoms with E-state index in [1.54, 1.807) is 12.3 Å². The van der Waals surface area contributed by atoms with E-state index < -0.39 is 5.91 Å². The van der Waals surface area contributed by atoms with E-state index >= 15 is 0 Å². The molecule has 9 heteroatoms. The van der Waals surface area contributed by atoms with Gasteiger partial charge in [-0.1, -0.05) is 12.8 Å². The first kappa shape index (κ1) is 22.0. The number of hydrogen-bond donors (Lipinski definition) is 1. The quantitative estimate of drug-likeness (QED) is 0.642. The number of likely N-dealkylation sites (tertiary alicyclic amines) is 1. The predicted octanol–water partition coefficient (Wildman–Crippen LogP) is 3.38. The van der Waals surface area contributed by atoms with Crippen molar-refractivity contribution in [1.82, 2.24) is 24.4 Å². The van der Waals surface area contributed by atoms with Gasteiger partial charge in [0.2, 0.25) is 11.9 Å². The first-order chi connectivity index (χ1) is 16.5. The van der Waals surface area contributed by atoms with Crippen molar-refractivity contribution in [2.45, 2.75) is 44.4 Å². The predicted molar refractivity (Wildman–Crippen MR) is 126 cm³/mol. The Bertz CT molecular complexity index is 1280. The van der Waals surface area contributed by atoms with E-state index in [4.69, 9.17) is 5.26 Å². The molecule has 4 heterocycles. The Hall–Kier alpha value is -3.80. The summed E-state index contributed by atoms with van der Waals surface area (Å²) >= 11 is 0. The standard InChI is InChI=1S/C25H27N7O2/c1-31-15-19(17-7-10-32(11-8-17)24(34)18-4-2-3-5-18)22-21(31)14-28-25(29-22)30-23(33)20-12-16(13-26)6-9-27-20/h6,9,12,14-15,17-18H,2-5,7-8,10-11H2,1H3,(H,28,29,30,33). The summed E-state index contributed by atoms with van der Waals surface area (Å²) in [6.45, 7) is 1.54. The maximum Gasteiger partial charge on any atom is 0.276 e. The molecule has 1 saturated carbocycles. The van der Waals surface area contributed by atoms with Crippen LogP contribution in [0.1, 0.15) is 66.1 Å². The van der Waals surface area contributed by atoms with E-state index in [1.807, 2.05) is 22.6 Å². The monoisotopic (exact) mass is 457 g/mol. The van der Waals surface area contributed by atoms with Crippen molar-refractivity contribution in [3.8, 4) is 6.07 Å². The number of carbonyl (C=O) groups is 2. The number of carbonyl (C=O) groups excluding carboxylic acids is 2. The van der Waals surface area contributed by atoms with Crippen molar-refractivity contribution < 1.29 is 9.59 Å². The summed E-state index contributed by atoms with van der Waals surface area (Å²) in [6, 6.07) is 4.98. The minimum Gasteiger partial charge on any atom is -0.348 e. The molecule has 1 aliphatic carbocycles. The fourth-order valence-electron chi connectivity index (χ4n) is 5.18. The molecule has 34 heavy (non-hydrogen) atoms. The first-order valence-electron chi connectivity index (χ1n) is 11.8. The van der Waals surface area contributed by atoms with E-state index in [0.717, 1.165) is 55.4 Å². The lowest BCUT2D eigenvalue weighted by Crippen LogP contribution is -2.40. The molecule has 0 aromatic carbocycles. The van der Waals surface area contributed by atoms with Gasteiger partial charge in [0.15, 0.2) is 0 Å². The van der Waals surface area contributed by atoms with Crippen LogP contribution in [-0.4, -0.2) is 49.3 Å². The van der Waals surface area contributed by atoms with Crippen LogP contribution in [0.25, 0.3) is 11.0 Å². The van der Waals surface area contributed by atoms with Crippen molar-refractivity contribution >= 4 is 28.8 Å². The molecule has 5 rings (SSSR count). The van der Waals surface area contributed by atoms with Crippen LogP contribution in [0.15, 0.2) is 30.7 Å². The van der Waals surface area contributed by atoms with Gasteiger partial charge in [-0.05, 0) is 49.3 Å². The number of nitrogens with zero attached hydrogens (tertiary/aromatic N) is 6. The zero-order valence-corrected chi connectivity index (χ0v) is 19.2. The molecule has 0 bridgehead atoms. The highest BCUT2D eigenvalue weighted by Gasteiger charge is 2.31. The van der Waals surface area contributed by atoms with Crippen molar-refractivity contribution in [1.29, 1.82) is 5.26 Å². The molecule has 0 unspecified atom stereocenters. The number of nitrogens with one attached hydrogen (secondary N) is 1. The van der Waals surface area contributed by atoms with E-state index in [-0.39, 0.29) is 17.6 Å². The maximum absolute atomic E-state index is 12.8. The summed E-state index contributed by atoms with van der Waals surface area (Å²) in [6.07, 6.45) is 11.4. The smallest absolute Gasteiger partial charge is 0.276 e. The second-order valence-corrected chi connectivity index (χ2v) is 9.20. The van der Waals surface area contributed by atoms with E-state index in [2.05, 4.69) is 26.5 Å². The van der Waals surface area contributed by atoms with Gasteiger partial charge in [0, 0.05) is 38.4 Å². The van der Waals surface area contributed by atoms with Gasteiger partial charge < -0.3 is 9.47 Å². The molecule has 1 N–H and O–H groups in total. The number of piperidine rings is 1. The Morgan fingerprint density at radius 2 is 1.91 bits per heavy atom. The highest BCUT2D eigenvalue weighted by atomic mass is 16.2. The average Bonchev–Trinajstić information content (AvgIpc) is 3.52. The second-order valence-electron chi connectivity index (χ2n) is 9.20. The van der Waals surface area contributed by atoms with Gasteiger partial charge in [-0.25, -0.2) is 9.97 Å². The number of rotatable bonds is 4. The van der Waals surface area contributed by atoms with Crippen molar-refractivity contribution in [3.63, 3.8) is 0 Å². The van der Waals surface area contributed by atoms with E-state index in [0.29, 0.717) is 17.4 Å².